The molecule has 0 aliphatic heterocycles. The van der Waals surface area contributed by atoms with Gasteiger partial charge in [-0.2, -0.15) is 48.3 Å². The topological polar surface area (TPSA) is 0 Å². The van der Waals surface area contributed by atoms with E-state index in [1.165, 1.54) is 6.92 Å². The fourth-order valence-electron chi connectivity index (χ4n) is 4.77. The molecule has 0 aliphatic carbocycles. The van der Waals surface area contributed by atoms with Gasteiger partial charge in [-0.25, -0.2) is 13.2 Å². The molecular weight excluding hydrogens is 633 g/mol. The van der Waals surface area contributed by atoms with Crippen molar-refractivity contribution in [3.8, 4) is 0 Å². The molecule has 0 bridgehead atoms. The van der Waals surface area contributed by atoms with Crippen molar-refractivity contribution >= 4 is 13.2 Å². The molecule has 0 spiro atoms. The molecule has 3 atom stereocenters. The zero-order valence-electron chi connectivity index (χ0n) is 24.2. The number of alkyl halides is 11. The molecule has 0 fully saturated rings. The average Bonchev–Trinajstić information content (AvgIpc) is 2.89. The molecule has 0 aromatic heterocycles. The molecule has 0 heterocycles. The highest BCUT2D eigenvalue weighted by Crippen LogP contribution is 2.64. The second-order valence-corrected chi connectivity index (χ2v) is 13.2. The molecular formula is C28H37F14P. The Labute approximate surface area is 243 Å². The molecule has 0 amide bonds. The van der Waals surface area contributed by atoms with E-state index in [0.717, 1.165) is 6.42 Å². The summed E-state index contributed by atoms with van der Waals surface area (Å²) >= 11 is 0. The van der Waals surface area contributed by atoms with Crippen LogP contribution in [-0.4, -0.2) is 29.8 Å². The van der Waals surface area contributed by atoms with Crippen molar-refractivity contribution in [3.63, 3.8) is 0 Å². The second-order valence-electron chi connectivity index (χ2n) is 10.9. The molecule has 0 saturated carbocycles. The van der Waals surface area contributed by atoms with Gasteiger partial charge < -0.3 is 0 Å². The molecule has 252 valence electrons. The van der Waals surface area contributed by atoms with Crippen molar-refractivity contribution in [2.75, 3.05) is 6.16 Å². The number of rotatable bonds is 18. The lowest BCUT2D eigenvalue weighted by Crippen LogP contribution is -2.54. The molecule has 1 aromatic carbocycles. The molecule has 43 heavy (non-hydrogen) atoms. The summed E-state index contributed by atoms with van der Waals surface area (Å²) in [6.45, 7) is 6.53. The van der Waals surface area contributed by atoms with E-state index in [1.807, 2.05) is 13.8 Å². The van der Waals surface area contributed by atoms with Crippen molar-refractivity contribution in [1.29, 1.82) is 0 Å². The first-order chi connectivity index (χ1) is 19.5. The van der Waals surface area contributed by atoms with E-state index < -0.39 is 96.8 Å². The smallest absolute Gasteiger partial charge is 0.206 e. The van der Waals surface area contributed by atoms with E-state index in [-0.39, 0.29) is 18.8 Å². The Morgan fingerprint density at radius 3 is 1.79 bits per heavy atom. The maximum atomic E-state index is 15.6. The van der Waals surface area contributed by atoms with Gasteiger partial charge in [0.2, 0.25) is 0 Å². The number of hydrogen-bond donors (Lipinski definition) is 0. The van der Waals surface area contributed by atoms with Gasteiger partial charge in [0.25, 0.3) is 0 Å². The van der Waals surface area contributed by atoms with Crippen LogP contribution in [0.1, 0.15) is 97.5 Å². The quantitative estimate of drug-likeness (QED) is 0.0631. The van der Waals surface area contributed by atoms with Gasteiger partial charge in [0.1, 0.15) is 11.4 Å². The largest absolute Gasteiger partial charge is 0.458 e. The van der Waals surface area contributed by atoms with Crippen LogP contribution in [0.2, 0.25) is 0 Å². The van der Waals surface area contributed by atoms with E-state index in [4.69, 9.17) is 0 Å². The van der Waals surface area contributed by atoms with Crippen LogP contribution in [0, 0.1) is 29.3 Å². The maximum Gasteiger partial charge on any atom is 0.458 e. The van der Waals surface area contributed by atoms with Gasteiger partial charge in [-0.3, -0.25) is 0 Å². The number of hydrogen-bond acceptors (Lipinski definition) is 0. The van der Waals surface area contributed by atoms with Gasteiger partial charge in [0.05, 0.1) is 0 Å². The van der Waals surface area contributed by atoms with Crippen molar-refractivity contribution in [3.05, 3.63) is 29.1 Å². The summed E-state index contributed by atoms with van der Waals surface area (Å²) in [6.07, 6.45) is -7.24. The van der Waals surface area contributed by atoms with Crippen LogP contribution in [0.5, 0.6) is 0 Å². The normalized spacial score (nSPS) is 16.0. The predicted molar refractivity (Wildman–Crippen MR) is 138 cm³/mol. The highest BCUT2D eigenvalue weighted by atomic mass is 31.1. The van der Waals surface area contributed by atoms with Crippen LogP contribution in [0.25, 0.3) is 0 Å². The summed E-state index contributed by atoms with van der Waals surface area (Å²) in [7, 11) is -4.45. The SMILES string of the molecule is CCCCCCC(F)(F)C(F)(F)C(F)(F)P(CC(C)CCC(CC)CCC)c1cc(F)c(F)c(C(F)(F)C(F)(F)F)c1F. The fraction of sp³-hybridized carbons (Fsp3) is 0.786. The minimum absolute atomic E-state index is 0.0106. The zero-order valence-corrected chi connectivity index (χ0v) is 25.1. The monoisotopic (exact) mass is 670 g/mol. The fourth-order valence-corrected chi connectivity index (χ4v) is 7.43. The third-order valence-electron chi connectivity index (χ3n) is 7.45. The third kappa shape index (κ3) is 8.90. The molecule has 0 aliphatic rings. The summed E-state index contributed by atoms with van der Waals surface area (Å²) in [6, 6.07) is -0.519. The van der Waals surface area contributed by atoms with Crippen LogP contribution in [0.3, 0.4) is 0 Å². The van der Waals surface area contributed by atoms with Gasteiger partial charge in [-0.1, -0.05) is 79.1 Å². The Hall–Kier alpha value is -1.33. The second kappa shape index (κ2) is 15.3. The van der Waals surface area contributed by atoms with Crippen LogP contribution in [-0.2, 0) is 5.92 Å². The van der Waals surface area contributed by atoms with Crippen molar-refractivity contribution < 1.29 is 61.5 Å². The number of unbranched alkanes of at least 4 members (excludes halogenated alkanes) is 3. The minimum Gasteiger partial charge on any atom is -0.206 e. The minimum atomic E-state index is -6.75. The standard InChI is InChI=1S/C28H37F14P/c1-5-8-9-10-14-24(32,33)26(36,37)28(41,42)43(16-17(4)12-13-18(7-3)11-6-2)20-15-19(29)22(30)21(23(20)31)25(34,35)27(38,39)40/h15,17-18H,5-14,16H2,1-4H3. The Bertz CT molecular complexity index is 1020. The summed E-state index contributed by atoms with van der Waals surface area (Å²) < 4.78 is 202. The van der Waals surface area contributed by atoms with E-state index >= 15 is 22.0 Å². The van der Waals surface area contributed by atoms with Gasteiger partial charge in [0, 0.05) is 19.6 Å². The Kier molecular flexibility index (Phi) is 14.1. The van der Waals surface area contributed by atoms with Gasteiger partial charge in [0.15, 0.2) is 11.6 Å². The maximum absolute atomic E-state index is 15.6. The van der Waals surface area contributed by atoms with Crippen molar-refractivity contribution in [2.24, 2.45) is 11.8 Å². The molecule has 0 N–H and O–H groups in total. The molecule has 0 saturated heterocycles. The van der Waals surface area contributed by atoms with Crippen LogP contribution in [0.15, 0.2) is 6.07 Å². The highest BCUT2D eigenvalue weighted by Gasteiger charge is 2.74. The van der Waals surface area contributed by atoms with Crippen molar-refractivity contribution in [2.45, 2.75) is 122 Å². The van der Waals surface area contributed by atoms with Crippen LogP contribution >= 0.6 is 7.92 Å². The first-order valence-corrected chi connectivity index (χ1v) is 15.6. The molecule has 1 rings (SSSR count). The Morgan fingerprint density at radius 2 is 1.30 bits per heavy atom. The van der Waals surface area contributed by atoms with E-state index in [2.05, 4.69) is 0 Å². The van der Waals surface area contributed by atoms with Gasteiger partial charge >= 0.3 is 29.6 Å². The Morgan fingerprint density at radius 1 is 0.721 bits per heavy atom. The summed E-state index contributed by atoms with van der Waals surface area (Å²) in [5.74, 6) is -28.0. The predicted octanol–water partition coefficient (Wildman–Crippen LogP) is 11.9. The lowest BCUT2D eigenvalue weighted by atomic mass is 9.92. The average molecular weight is 671 g/mol. The molecule has 0 radical (unpaired) electrons. The van der Waals surface area contributed by atoms with Crippen LogP contribution < -0.4 is 5.30 Å². The van der Waals surface area contributed by atoms with Gasteiger partial charge in [-0.05, 0) is 30.5 Å². The summed E-state index contributed by atoms with van der Waals surface area (Å²) in [5.41, 5.74) is -9.25. The van der Waals surface area contributed by atoms with E-state index in [0.29, 0.717) is 32.1 Å². The first kappa shape index (κ1) is 39.7. The molecule has 3 unspecified atom stereocenters. The van der Waals surface area contributed by atoms with Crippen LogP contribution in [0.4, 0.5) is 61.5 Å². The summed E-state index contributed by atoms with van der Waals surface area (Å²) in [4.78, 5) is 0. The molecule has 0 nitrogen and oxygen atoms in total. The lowest BCUT2D eigenvalue weighted by Gasteiger charge is -2.39. The summed E-state index contributed by atoms with van der Waals surface area (Å²) in [5, 5.41) is -2.12. The lowest BCUT2D eigenvalue weighted by molar-refractivity contribution is -0.291. The Balaban J connectivity index is 3.82. The number of benzene rings is 1. The van der Waals surface area contributed by atoms with E-state index in [9.17, 15) is 39.5 Å². The molecule has 15 heteroatoms. The number of halogens is 14. The highest BCUT2D eigenvalue weighted by molar-refractivity contribution is 7.66. The third-order valence-corrected chi connectivity index (χ3v) is 10.3. The first-order valence-electron chi connectivity index (χ1n) is 14.1. The van der Waals surface area contributed by atoms with E-state index in [1.54, 1.807) is 6.92 Å². The van der Waals surface area contributed by atoms with Crippen molar-refractivity contribution in [1.82, 2.24) is 0 Å². The van der Waals surface area contributed by atoms with Gasteiger partial charge in [-0.15, -0.1) is 0 Å². The molecule has 1 aromatic rings. The zero-order chi connectivity index (χ0) is 33.6.